The van der Waals surface area contributed by atoms with Crippen LogP contribution in [0, 0.1) is 5.41 Å². The molecule has 12 heteroatoms. The van der Waals surface area contributed by atoms with Crippen molar-refractivity contribution in [1.29, 1.82) is 0 Å². The van der Waals surface area contributed by atoms with Gasteiger partial charge in [-0.15, -0.1) is 0 Å². The molecule has 1 fully saturated rings. The number of amides is 1. The van der Waals surface area contributed by atoms with Gasteiger partial charge in [0, 0.05) is 19.3 Å². The van der Waals surface area contributed by atoms with Gasteiger partial charge in [-0.25, -0.2) is 4.98 Å². The van der Waals surface area contributed by atoms with Gasteiger partial charge in [0.15, 0.2) is 12.0 Å². The maximum absolute atomic E-state index is 13.2. The SMILES string of the molecule is O=C(c1cccnc1OCC(F)(F)F)N1CCC(C(=O)O)(C(F)(F)F)C1. The van der Waals surface area contributed by atoms with Crippen molar-refractivity contribution in [3.05, 3.63) is 23.9 Å². The van der Waals surface area contributed by atoms with Gasteiger partial charge in [0.25, 0.3) is 5.91 Å². The molecule has 2 rings (SSSR count). The number of hydrogen-bond donors (Lipinski definition) is 1. The smallest absolute Gasteiger partial charge is 0.422 e. The third-order valence-electron chi connectivity index (χ3n) is 3.88. The quantitative estimate of drug-likeness (QED) is 0.805. The maximum Gasteiger partial charge on any atom is 0.422 e. The first-order chi connectivity index (χ1) is 11.9. The summed E-state index contributed by atoms with van der Waals surface area (Å²) < 4.78 is 80.7. The molecule has 1 aliphatic rings. The lowest BCUT2D eigenvalue weighted by Gasteiger charge is -2.27. The van der Waals surface area contributed by atoms with Crippen LogP contribution in [0.15, 0.2) is 18.3 Å². The minimum absolute atomic E-state index is 0.486. The zero-order valence-corrected chi connectivity index (χ0v) is 12.9. The summed E-state index contributed by atoms with van der Waals surface area (Å²) in [5.41, 5.74) is -3.61. The lowest BCUT2D eigenvalue weighted by molar-refractivity contribution is -0.227. The van der Waals surface area contributed by atoms with Crippen LogP contribution in [0.5, 0.6) is 5.88 Å². The Morgan fingerprint density at radius 3 is 2.42 bits per heavy atom. The van der Waals surface area contributed by atoms with Gasteiger partial charge in [0.2, 0.25) is 5.88 Å². The number of ether oxygens (including phenoxy) is 1. The predicted octanol–water partition coefficient (Wildman–Crippen LogP) is 2.50. The van der Waals surface area contributed by atoms with E-state index in [1.807, 2.05) is 0 Å². The minimum Gasteiger partial charge on any atom is -0.481 e. The number of carboxylic acids is 1. The molecule has 1 amide bonds. The van der Waals surface area contributed by atoms with Crippen LogP contribution < -0.4 is 4.74 Å². The van der Waals surface area contributed by atoms with Crippen LogP contribution in [-0.2, 0) is 4.79 Å². The highest BCUT2D eigenvalue weighted by Crippen LogP contribution is 2.46. The van der Waals surface area contributed by atoms with Crippen LogP contribution in [0.4, 0.5) is 26.3 Å². The van der Waals surface area contributed by atoms with Gasteiger partial charge in [-0.3, -0.25) is 9.59 Å². The minimum atomic E-state index is -5.10. The Hall–Kier alpha value is -2.53. The van der Waals surface area contributed by atoms with E-state index in [-0.39, 0.29) is 0 Å². The predicted molar refractivity (Wildman–Crippen MR) is 72.4 cm³/mol. The van der Waals surface area contributed by atoms with Crippen LogP contribution in [0.25, 0.3) is 0 Å². The number of rotatable bonds is 4. The maximum atomic E-state index is 13.2. The molecule has 1 atom stereocenters. The summed E-state index contributed by atoms with van der Waals surface area (Å²) in [5.74, 6) is -3.92. The number of carbonyl (C=O) groups excluding carboxylic acids is 1. The molecule has 2 heterocycles. The van der Waals surface area contributed by atoms with Crippen LogP contribution in [0.1, 0.15) is 16.8 Å². The number of alkyl halides is 6. The van der Waals surface area contributed by atoms with Gasteiger partial charge < -0.3 is 14.7 Å². The molecular formula is C14H12F6N2O4. The van der Waals surface area contributed by atoms with Crippen molar-refractivity contribution in [2.75, 3.05) is 19.7 Å². The van der Waals surface area contributed by atoms with Crippen molar-refractivity contribution in [2.24, 2.45) is 5.41 Å². The van der Waals surface area contributed by atoms with Crippen molar-refractivity contribution in [3.63, 3.8) is 0 Å². The normalized spacial score (nSPS) is 20.9. The fraction of sp³-hybridized carbons (Fsp3) is 0.500. The Kier molecular flexibility index (Phi) is 5.06. The highest BCUT2D eigenvalue weighted by atomic mass is 19.4. The van der Waals surface area contributed by atoms with Crippen LogP contribution in [0.3, 0.4) is 0 Å². The molecule has 144 valence electrons. The van der Waals surface area contributed by atoms with Crippen molar-refractivity contribution in [1.82, 2.24) is 9.88 Å². The van der Waals surface area contributed by atoms with Gasteiger partial charge in [0.1, 0.15) is 5.56 Å². The second-order valence-corrected chi connectivity index (χ2v) is 5.62. The molecule has 0 aliphatic carbocycles. The number of hydrogen-bond acceptors (Lipinski definition) is 4. The summed E-state index contributed by atoms with van der Waals surface area (Å²) >= 11 is 0. The zero-order valence-electron chi connectivity index (χ0n) is 12.9. The summed E-state index contributed by atoms with van der Waals surface area (Å²) in [6.07, 6.45) is -9.63. The molecule has 1 aromatic rings. The van der Waals surface area contributed by atoms with E-state index in [4.69, 9.17) is 5.11 Å². The fourth-order valence-corrected chi connectivity index (χ4v) is 2.50. The first-order valence-electron chi connectivity index (χ1n) is 7.11. The Morgan fingerprint density at radius 2 is 1.92 bits per heavy atom. The van der Waals surface area contributed by atoms with Gasteiger partial charge >= 0.3 is 18.3 Å². The van der Waals surface area contributed by atoms with Crippen LogP contribution in [-0.4, -0.2) is 58.9 Å². The molecule has 1 aromatic heterocycles. The summed E-state index contributed by atoms with van der Waals surface area (Å²) in [4.78, 5) is 27.6. The molecule has 1 aliphatic heterocycles. The molecule has 0 aromatic carbocycles. The highest BCUT2D eigenvalue weighted by molar-refractivity contribution is 5.97. The number of likely N-dealkylation sites (tertiary alicyclic amines) is 1. The molecule has 6 nitrogen and oxygen atoms in total. The topological polar surface area (TPSA) is 79.7 Å². The second-order valence-electron chi connectivity index (χ2n) is 5.62. The van der Waals surface area contributed by atoms with Gasteiger partial charge in [0.05, 0.1) is 0 Å². The van der Waals surface area contributed by atoms with Crippen LogP contribution in [0.2, 0.25) is 0 Å². The number of aromatic nitrogens is 1. The Labute approximate surface area is 142 Å². The third-order valence-corrected chi connectivity index (χ3v) is 3.88. The number of aliphatic carboxylic acids is 1. The lowest BCUT2D eigenvalue weighted by Crippen LogP contribution is -2.47. The van der Waals surface area contributed by atoms with Gasteiger partial charge in [-0.1, -0.05) is 0 Å². The molecular weight excluding hydrogens is 374 g/mol. The summed E-state index contributed by atoms with van der Waals surface area (Å²) in [7, 11) is 0. The zero-order chi connectivity index (χ0) is 19.8. The van der Waals surface area contributed by atoms with E-state index < -0.39 is 67.2 Å². The standard InChI is InChI=1S/C14H12F6N2O4/c15-13(16,17)7-26-9-8(2-1-4-21-9)10(23)22-5-3-12(6-22,11(24)25)14(18,19)20/h1-2,4H,3,5-7H2,(H,24,25). The van der Waals surface area contributed by atoms with E-state index in [1.165, 1.54) is 6.07 Å². The number of carbonyl (C=O) groups is 2. The second kappa shape index (κ2) is 6.65. The molecule has 0 saturated carbocycles. The Balaban J connectivity index is 2.25. The molecule has 0 spiro atoms. The molecule has 26 heavy (non-hydrogen) atoms. The number of halogens is 6. The number of carboxylic acid groups (broad SMARTS) is 1. The highest BCUT2D eigenvalue weighted by Gasteiger charge is 2.64. The van der Waals surface area contributed by atoms with E-state index in [9.17, 15) is 35.9 Å². The van der Waals surface area contributed by atoms with E-state index in [1.54, 1.807) is 0 Å². The van der Waals surface area contributed by atoms with E-state index in [2.05, 4.69) is 9.72 Å². The van der Waals surface area contributed by atoms with Gasteiger partial charge in [-0.2, -0.15) is 26.3 Å². The van der Waals surface area contributed by atoms with E-state index >= 15 is 0 Å². The number of pyridine rings is 1. The van der Waals surface area contributed by atoms with Crippen LogP contribution >= 0.6 is 0 Å². The molecule has 0 radical (unpaired) electrons. The average Bonchev–Trinajstić information content (AvgIpc) is 2.98. The van der Waals surface area contributed by atoms with Gasteiger partial charge in [-0.05, 0) is 18.6 Å². The Bertz CT molecular complexity index is 705. The number of nitrogens with zero attached hydrogens (tertiary/aromatic N) is 2. The van der Waals surface area contributed by atoms with Crippen molar-refractivity contribution in [2.45, 2.75) is 18.8 Å². The van der Waals surface area contributed by atoms with Crippen molar-refractivity contribution < 1.29 is 45.8 Å². The summed E-state index contributed by atoms with van der Waals surface area (Å²) in [5, 5.41) is 8.98. The molecule has 1 saturated heterocycles. The summed E-state index contributed by atoms with van der Waals surface area (Å²) in [6, 6.07) is 2.23. The van der Waals surface area contributed by atoms with E-state index in [0.717, 1.165) is 12.3 Å². The average molecular weight is 386 g/mol. The first-order valence-corrected chi connectivity index (χ1v) is 7.11. The van der Waals surface area contributed by atoms with Crippen molar-refractivity contribution in [3.8, 4) is 5.88 Å². The molecule has 1 unspecified atom stereocenters. The summed E-state index contributed by atoms with van der Waals surface area (Å²) in [6.45, 7) is -3.43. The molecule has 1 N–H and O–H groups in total. The Morgan fingerprint density at radius 1 is 1.27 bits per heavy atom. The largest absolute Gasteiger partial charge is 0.481 e. The first kappa shape index (κ1) is 19.8. The monoisotopic (exact) mass is 386 g/mol. The molecule has 0 bridgehead atoms. The third kappa shape index (κ3) is 3.83. The fourth-order valence-electron chi connectivity index (χ4n) is 2.50. The lowest BCUT2D eigenvalue weighted by atomic mass is 9.86. The van der Waals surface area contributed by atoms with Crippen molar-refractivity contribution >= 4 is 11.9 Å². The van der Waals surface area contributed by atoms with E-state index in [0.29, 0.717) is 4.90 Å².